The molecule has 1 aliphatic carbocycles. The fraction of sp³-hybridized carbons (Fsp3) is 1.00. The van der Waals surface area contributed by atoms with E-state index in [2.05, 4.69) is 19.0 Å². The highest BCUT2D eigenvalue weighted by Crippen LogP contribution is 2.20. The van der Waals surface area contributed by atoms with Crippen LogP contribution in [0.3, 0.4) is 0 Å². The highest BCUT2D eigenvalue weighted by atomic mass is 15.1. The zero-order valence-electron chi connectivity index (χ0n) is 6.30. The van der Waals surface area contributed by atoms with Gasteiger partial charge in [-0.3, -0.25) is 0 Å². The Morgan fingerprint density at radius 3 is 2.22 bits per heavy atom. The number of hydrogen-bond acceptors (Lipinski definition) is 2. The summed E-state index contributed by atoms with van der Waals surface area (Å²) in [7, 11) is 4.26. The quantitative estimate of drug-likeness (QED) is 0.555. The van der Waals surface area contributed by atoms with Crippen LogP contribution in [0, 0.1) is 0 Å². The first kappa shape index (κ1) is 7.03. The Hall–Kier alpha value is -0.0800. The van der Waals surface area contributed by atoms with Gasteiger partial charge in [0.15, 0.2) is 0 Å². The number of rotatable bonds is 1. The molecule has 1 rings (SSSR count). The van der Waals surface area contributed by atoms with E-state index in [1.165, 1.54) is 19.3 Å². The van der Waals surface area contributed by atoms with Crippen LogP contribution in [-0.2, 0) is 0 Å². The molecule has 0 radical (unpaired) electrons. The molecular formula is C7H16N2. The van der Waals surface area contributed by atoms with Gasteiger partial charge in [-0.25, -0.2) is 0 Å². The van der Waals surface area contributed by atoms with Crippen LogP contribution in [0.4, 0.5) is 0 Å². The second kappa shape index (κ2) is 2.67. The Balaban J connectivity index is 2.30. The normalized spacial score (nSPS) is 36.0. The molecule has 2 nitrogen and oxygen atoms in total. The van der Waals surface area contributed by atoms with Crippen LogP contribution < -0.4 is 5.73 Å². The summed E-state index contributed by atoms with van der Waals surface area (Å²) in [5.74, 6) is 0. The molecule has 1 saturated carbocycles. The fourth-order valence-electron chi connectivity index (χ4n) is 1.46. The predicted molar refractivity (Wildman–Crippen MR) is 39.3 cm³/mol. The summed E-state index contributed by atoms with van der Waals surface area (Å²) in [6.45, 7) is 0. The molecule has 2 atom stereocenters. The van der Waals surface area contributed by atoms with E-state index in [0.29, 0.717) is 6.04 Å². The van der Waals surface area contributed by atoms with Crippen molar-refractivity contribution in [3.05, 3.63) is 0 Å². The molecular weight excluding hydrogens is 112 g/mol. The third-order valence-electron chi connectivity index (χ3n) is 2.18. The molecule has 0 saturated heterocycles. The van der Waals surface area contributed by atoms with E-state index in [4.69, 9.17) is 5.73 Å². The Kier molecular flexibility index (Phi) is 2.09. The average Bonchev–Trinajstić information content (AvgIpc) is 2.14. The van der Waals surface area contributed by atoms with Gasteiger partial charge in [0.1, 0.15) is 0 Å². The van der Waals surface area contributed by atoms with Crippen LogP contribution in [0.1, 0.15) is 19.3 Å². The van der Waals surface area contributed by atoms with Crippen molar-refractivity contribution in [3.63, 3.8) is 0 Å². The van der Waals surface area contributed by atoms with Crippen molar-refractivity contribution in [2.75, 3.05) is 14.1 Å². The second-order valence-electron chi connectivity index (χ2n) is 3.19. The first-order chi connectivity index (χ1) is 4.20. The van der Waals surface area contributed by atoms with Crippen molar-refractivity contribution in [1.82, 2.24) is 4.90 Å². The van der Waals surface area contributed by atoms with Crippen molar-refractivity contribution >= 4 is 0 Å². The van der Waals surface area contributed by atoms with E-state index in [0.717, 1.165) is 6.04 Å². The Morgan fingerprint density at radius 2 is 2.00 bits per heavy atom. The first-order valence-electron chi connectivity index (χ1n) is 3.62. The van der Waals surface area contributed by atoms with Gasteiger partial charge in [0.05, 0.1) is 0 Å². The van der Waals surface area contributed by atoms with E-state index < -0.39 is 0 Å². The molecule has 0 amide bonds. The Morgan fingerprint density at radius 1 is 1.33 bits per heavy atom. The molecule has 0 heterocycles. The van der Waals surface area contributed by atoms with Crippen LogP contribution in [0.15, 0.2) is 0 Å². The number of hydrogen-bond donors (Lipinski definition) is 1. The van der Waals surface area contributed by atoms with Crippen LogP contribution >= 0.6 is 0 Å². The highest BCUT2D eigenvalue weighted by Gasteiger charge is 2.22. The summed E-state index contributed by atoms with van der Waals surface area (Å²) in [6.07, 6.45) is 3.68. The summed E-state index contributed by atoms with van der Waals surface area (Å²) in [5.41, 5.74) is 5.74. The second-order valence-corrected chi connectivity index (χ2v) is 3.19. The zero-order valence-corrected chi connectivity index (χ0v) is 6.30. The lowest BCUT2D eigenvalue weighted by atomic mass is 10.2. The predicted octanol–water partition coefficient (Wildman–Crippen LogP) is 0.428. The zero-order chi connectivity index (χ0) is 6.85. The molecule has 2 N–H and O–H groups in total. The molecule has 0 aromatic rings. The van der Waals surface area contributed by atoms with Gasteiger partial charge in [-0.15, -0.1) is 0 Å². The number of nitrogens with two attached hydrogens (primary N) is 1. The van der Waals surface area contributed by atoms with Crippen LogP contribution in [0.25, 0.3) is 0 Å². The summed E-state index contributed by atoms with van der Waals surface area (Å²) < 4.78 is 0. The lowest BCUT2D eigenvalue weighted by Crippen LogP contribution is -2.27. The molecule has 0 bridgehead atoms. The van der Waals surface area contributed by atoms with Gasteiger partial charge in [0.2, 0.25) is 0 Å². The van der Waals surface area contributed by atoms with Gasteiger partial charge in [0, 0.05) is 12.1 Å². The smallest absolute Gasteiger partial charge is 0.0104 e. The molecule has 0 aromatic heterocycles. The molecule has 0 spiro atoms. The molecule has 1 fully saturated rings. The number of nitrogens with zero attached hydrogens (tertiary/aromatic N) is 1. The highest BCUT2D eigenvalue weighted by molar-refractivity contribution is 4.82. The van der Waals surface area contributed by atoms with E-state index in [-0.39, 0.29) is 0 Å². The van der Waals surface area contributed by atoms with Crippen molar-refractivity contribution in [2.45, 2.75) is 31.3 Å². The monoisotopic (exact) mass is 128 g/mol. The van der Waals surface area contributed by atoms with Crippen LogP contribution in [0.5, 0.6) is 0 Å². The largest absolute Gasteiger partial charge is 0.328 e. The topological polar surface area (TPSA) is 29.3 Å². The van der Waals surface area contributed by atoms with Gasteiger partial charge in [-0.2, -0.15) is 0 Å². The van der Waals surface area contributed by atoms with E-state index in [9.17, 15) is 0 Å². The molecule has 2 heteroatoms. The maximum Gasteiger partial charge on any atom is 0.0104 e. The van der Waals surface area contributed by atoms with E-state index in [1.807, 2.05) is 0 Å². The minimum atomic E-state index is 0.470. The summed E-state index contributed by atoms with van der Waals surface area (Å²) in [4.78, 5) is 2.27. The third-order valence-corrected chi connectivity index (χ3v) is 2.18. The fourth-order valence-corrected chi connectivity index (χ4v) is 1.46. The minimum Gasteiger partial charge on any atom is -0.328 e. The Bertz CT molecular complexity index is 90.9. The van der Waals surface area contributed by atoms with Crippen molar-refractivity contribution in [1.29, 1.82) is 0 Å². The lowest BCUT2D eigenvalue weighted by Gasteiger charge is -2.17. The summed E-state index contributed by atoms with van der Waals surface area (Å²) in [6, 6.07) is 1.22. The maximum atomic E-state index is 5.74. The molecule has 9 heavy (non-hydrogen) atoms. The SMILES string of the molecule is CN(C)[C@H]1CC[C@H](N)C1. The van der Waals surface area contributed by atoms with Crippen molar-refractivity contribution < 1.29 is 0 Å². The van der Waals surface area contributed by atoms with Crippen LogP contribution in [0.2, 0.25) is 0 Å². The summed E-state index contributed by atoms with van der Waals surface area (Å²) in [5, 5.41) is 0. The average molecular weight is 128 g/mol. The lowest BCUT2D eigenvalue weighted by molar-refractivity contribution is 0.297. The first-order valence-corrected chi connectivity index (χ1v) is 3.62. The Labute approximate surface area is 57.0 Å². The minimum absolute atomic E-state index is 0.470. The third kappa shape index (κ3) is 1.66. The standard InChI is InChI=1S/C7H16N2/c1-9(2)7-4-3-6(8)5-7/h6-7H,3-5,8H2,1-2H3/t6-,7-/m0/s1. The summed E-state index contributed by atoms with van der Waals surface area (Å²) >= 11 is 0. The maximum absolute atomic E-state index is 5.74. The van der Waals surface area contributed by atoms with Crippen molar-refractivity contribution in [2.24, 2.45) is 5.73 Å². The van der Waals surface area contributed by atoms with Gasteiger partial charge in [0.25, 0.3) is 0 Å². The van der Waals surface area contributed by atoms with E-state index >= 15 is 0 Å². The van der Waals surface area contributed by atoms with Gasteiger partial charge < -0.3 is 10.6 Å². The van der Waals surface area contributed by atoms with Crippen molar-refractivity contribution in [3.8, 4) is 0 Å². The molecule has 0 aromatic carbocycles. The van der Waals surface area contributed by atoms with Gasteiger partial charge in [-0.05, 0) is 33.4 Å². The van der Waals surface area contributed by atoms with Crippen LogP contribution in [-0.4, -0.2) is 31.1 Å². The van der Waals surface area contributed by atoms with E-state index in [1.54, 1.807) is 0 Å². The van der Waals surface area contributed by atoms with Gasteiger partial charge in [-0.1, -0.05) is 0 Å². The van der Waals surface area contributed by atoms with Gasteiger partial charge >= 0.3 is 0 Å². The molecule has 54 valence electrons. The molecule has 0 unspecified atom stereocenters. The molecule has 0 aliphatic heterocycles. The molecule has 1 aliphatic rings.